The summed E-state index contributed by atoms with van der Waals surface area (Å²) in [5.74, 6) is -0.130. The molecule has 0 saturated carbocycles. The molecule has 1 aromatic carbocycles. The Labute approximate surface area is 118 Å². The van der Waals surface area contributed by atoms with Crippen molar-refractivity contribution in [3.05, 3.63) is 23.8 Å². The molecular weight excluding hydrogens is 254 g/mol. The van der Waals surface area contributed by atoms with E-state index >= 15 is 0 Å². The highest BCUT2D eigenvalue weighted by molar-refractivity contribution is 5.97. The van der Waals surface area contributed by atoms with Crippen molar-refractivity contribution >= 4 is 16.9 Å². The molecule has 2 aromatic rings. The molecule has 20 heavy (non-hydrogen) atoms. The van der Waals surface area contributed by atoms with E-state index in [-0.39, 0.29) is 11.4 Å². The molecule has 6 nitrogen and oxygen atoms in total. The molecule has 0 aliphatic heterocycles. The van der Waals surface area contributed by atoms with Crippen LogP contribution in [0.2, 0.25) is 0 Å². The third-order valence-electron chi connectivity index (χ3n) is 3.88. The molecule has 3 N–H and O–H groups in total. The number of fused-ring (bicyclic) bond motifs is 1. The van der Waals surface area contributed by atoms with Crippen molar-refractivity contribution in [3.8, 4) is 0 Å². The monoisotopic (exact) mass is 275 g/mol. The quantitative estimate of drug-likeness (QED) is 0.859. The highest BCUT2D eigenvalue weighted by Gasteiger charge is 2.21. The largest absolute Gasteiger partial charge is 0.350 e. The van der Waals surface area contributed by atoms with Gasteiger partial charge in [0.15, 0.2) is 0 Å². The summed E-state index contributed by atoms with van der Waals surface area (Å²) in [6.07, 6.45) is 1.65. The van der Waals surface area contributed by atoms with Crippen molar-refractivity contribution in [1.82, 2.24) is 20.3 Å². The van der Waals surface area contributed by atoms with E-state index in [1.54, 1.807) is 16.8 Å². The fourth-order valence-corrected chi connectivity index (χ4v) is 2.04. The minimum Gasteiger partial charge on any atom is -0.350 e. The standard InChI is InChI=1S/C14H21N5O/c1-4-14(15,5-2)9-16-13(20)10-6-7-12-11(8-10)17-18-19(12)3/h6-8H,4-5,9,15H2,1-3H3,(H,16,20). The topological polar surface area (TPSA) is 85.8 Å². The molecule has 108 valence electrons. The van der Waals surface area contributed by atoms with Crippen LogP contribution in [-0.4, -0.2) is 33.0 Å². The van der Waals surface area contributed by atoms with Crippen LogP contribution in [-0.2, 0) is 7.05 Å². The average Bonchev–Trinajstić information content (AvgIpc) is 2.85. The zero-order valence-corrected chi connectivity index (χ0v) is 12.2. The zero-order valence-electron chi connectivity index (χ0n) is 12.2. The van der Waals surface area contributed by atoms with Gasteiger partial charge in [-0.1, -0.05) is 19.1 Å². The lowest BCUT2D eigenvalue weighted by Crippen LogP contribution is -2.49. The van der Waals surface area contributed by atoms with E-state index in [0.29, 0.717) is 17.6 Å². The molecule has 0 atom stereocenters. The van der Waals surface area contributed by atoms with Gasteiger partial charge in [0.2, 0.25) is 0 Å². The Balaban J connectivity index is 2.11. The van der Waals surface area contributed by atoms with Crippen LogP contribution < -0.4 is 11.1 Å². The first kappa shape index (κ1) is 14.5. The van der Waals surface area contributed by atoms with Crippen LogP contribution in [0, 0.1) is 0 Å². The maximum Gasteiger partial charge on any atom is 0.251 e. The van der Waals surface area contributed by atoms with Crippen LogP contribution in [0.4, 0.5) is 0 Å². The van der Waals surface area contributed by atoms with Crippen molar-refractivity contribution in [3.63, 3.8) is 0 Å². The van der Waals surface area contributed by atoms with Gasteiger partial charge in [0.25, 0.3) is 5.91 Å². The van der Waals surface area contributed by atoms with Crippen LogP contribution >= 0.6 is 0 Å². The number of aryl methyl sites for hydroxylation is 1. The Bertz CT molecular complexity index is 615. The summed E-state index contributed by atoms with van der Waals surface area (Å²) in [4.78, 5) is 12.2. The summed E-state index contributed by atoms with van der Waals surface area (Å²) in [5, 5.41) is 10.8. The van der Waals surface area contributed by atoms with Gasteiger partial charge in [-0.2, -0.15) is 0 Å². The van der Waals surface area contributed by atoms with Gasteiger partial charge in [-0.25, -0.2) is 4.68 Å². The van der Waals surface area contributed by atoms with Gasteiger partial charge in [0, 0.05) is 24.7 Å². The molecule has 0 saturated heterocycles. The summed E-state index contributed by atoms with van der Waals surface area (Å²) in [7, 11) is 1.82. The number of hydrogen-bond acceptors (Lipinski definition) is 4. The van der Waals surface area contributed by atoms with Gasteiger partial charge in [-0.05, 0) is 31.0 Å². The molecule has 1 aromatic heterocycles. The highest BCUT2D eigenvalue weighted by Crippen LogP contribution is 2.13. The minimum absolute atomic E-state index is 0.130. The fourth-order valence-electron chi connectivity index (χ4n) is 2.04. The van der Waals surface area contributed by atoms with Gasteiger partial charge in [0.05, 0.1) is 5.52 Å². The molecule has 0 aliphatic carbocycles. The zero-order chi connectivity index (χ0) is 14.8. The number of amides is 1. The maximum atomic E-state index is 12.2. The molecule has 0 aliphatic rings. The molecule has 0 unspecified atom stereocenters. The van der Waals surface area contributed by atoms with E-state index in [4.69, 9.17) is 5.73 Å². The molecule has 0 bridgehead atoms. The molecule has 1 heterocycles. The Hall–Kier alpha value is -1.95. The lowest BCUT2D eigenvalue weighted by molar-refractivity contribution is 0.0942. The third-order valence-corrected chi connectivity index (χ3v) is 3.88. The number of benzene rings is 1. The number of carbonyl (C=O) groups is 1. The minimum atomic E-state index is -0.341. The number of nitrogens with two attached hydrogens (primary N) is 1. The number of nitrogens with zero attached hydrogens (tertiary/aromatic N) is 3. The maximum absolute atomic E-state index is 12.2. The first-order valence-electron chi connectivity index (χ1n) is 6.85. The van der Waals surface area contributed by atoms with Crippen molar-refractivity contribution in [1.29, 1.82) is 0 Å². The normalized spacial score (nSPS) is 11.8. The van der Waals surface area contributed by atoms with Crippen LogP contribution in [0.5, 0.6) is 0 Å². The Kier molecular flexibility index (Phi) is 4.04. The molecule has 2 rings (SSSR count). The third kappa shape index (κ3) is 2.80. The first-order valence-corrected chi connectivity index (χ1v) is 6.85. The van der Waals surface area contributed by atoms with Crippen LogP contribution in [0.15, 0.2) is 18.2 Å². The second-order valence-corrected chi connectivity index (χ2v) is 5.17. The van der Waals surface area contributed by atoms with Crippen LogP contribution in [0.3, 0.4) is 0 Å². The van der Waals surface area contributed by atoms with E-state index in [0.717, 1.165) is 18.4 Å². The molecule has 0 spiro atoms. The number of nitrogens with one attached hydrogen (secondary N) is 1. The van der Waals surface area contributed by atoms with Crippen LogP contribution in [0.25, 0.3) is 11.0 Å². The summed E-state index contributed by atoms with van der Waals surface area (Å²) in [6.45, 7) is 4.53. The number of hydrogen-bond donors (Lipinski definition) is 2. The van der Waals surface area contributed by atoms with Crippen molar-refractivity contribution in [2.45, 2.75) is 32.2 Å². The predicted octanol–water partition coefficient (Wildman–Crippen LogP) is 1.22. The van der Waals surface area contributed by atoms with Gasteiger partial charge in [-0.3, -0.25) is 4.79 Å². The van der Waals surface area contributed by atoms with E-state index < -0.39 is 0 Å². The van der Waals surface area contributed by atoms with Gasteiger partial charge in [0.1, 0.15) is 5.52 Å². The Morgan fingerprint density at radius 3 is 2.75 bits per heavy atom. The second kappa shape index (κ2) is 5.58. The summed E-state index contributed by atoms with van der Waals surface area (Å²) in [5.41, 5.74) is 8.02. The summed E-state index contributed by atoms with van der Waals surface area (Å²) >= 11 is 0. The van der Waals surface area contributed by atoms with Crippen LogP contribution in [0.1, 0.15) is 37.0 Å². The first-order chi connectivity index (χ1) is 9.49. The van der Waals surface area contributed by atoms with Gasteiger partial charge >= 0.3 is 0 Å². The lowest BCUT2D eigenvalue weighted by Gasteiger charge is -2.26. The number of aromatic nitrogens is 3. The predicted molar refractivity (Wildman–Crippen MR) is 78.3 cm³/mol. The SMILES string of the molecule is CCC(N)(CC)CNC(=O)c1ccc2c(c1)nnn2C. The molecule has 0 fully saturated rings. The van der Waals surface area contributed by atoms with E-state index in [2.05, 4.69) is 15.6 Å². The van der Waals surface area contributed by atoms with Gasteiger partial charge in [-0.15, -0.1) is 5.10 Å². The molecule has 1 amide bonds. The molecular formula is C14H21N5O. The van der Waals surface area contributed by atoms with E-state index in [1.807, 2.05) is 27.0 Å². The van der Waals surface area contributed by atoms with E-state index in [9.17, 15) is 4.79 Å². The molecule has 6 heteroatoms. The number of rotatable bonds is 5. The lowest BCUT2D eigenvalue weighted by atomic mass is 9.94. The van der Waals surface area contributed by atoms with Crippen molar-refractivity contribution in [2.75, 3.05) is 6.54 Å². The van der Waals surface area contributed by atoms with Crippen molar-refractivity contribution < 1.29 is 4.79 Å². The average molecular weight is 275 g/mol. The highest BCUT2D eigenvalue weighted by atomic mass is 16.1. The summed E-state index contributed by atoms with van der Waals surface area (Å²) in [6, 6.07) is 5.37. The smallest absolute Gasteiger partial charge is 0.251 e. The van der Waals surface area contributed by atoms with Gasteiger partial charge < -0.3 is 11.1 Å². The van der Waals surface area contributed by atoms with E-state index in [1.165, 1.54) is 0 Å². The van der Waals surface area contributed by atoms with Crippen molar-refractivity contribution in [2.24, 2.45) is 12.8 Å². The Morgan fingerprint density at radius 2 is 2.10 bits per heavy atom. The molecule has 0 radical (unpaired) electrons. The fraction of sp³-hybridized carbons (Fsp3) is 0.500. The second-order valence-electron chi connectivity index (χ2n) is 5.17. The summed E-state index contributed by atoms with van der Waals surface area (Å²) < 4.78 is 1.68. The Morgan fingerprint density at radius 1 is 1.40 bits per heavy atom. The number of carbonyl (C=O) groups excluding carboxylic acids is 1.